The monoisotopic (exact) mass is 278 g/mol. The van der Waals surface area contributed by atoms with E-state index in [9.17, 15) is 13.6 Å². The highest BCUT2D eigenvalue weighted by Gasteiger charge is 2.10. The van der Waals surface area contributed by atoms with Gasteiger partial charge in [0.15, 0.2) is 0 Å². The van der Waals surface area contributed by atoms with E-state index in [1.165, 1.54) is 12.1 Å². The van der Waals surface area contributed by atoms with Gasteiger partial charge in [0.2, 0.25) is 0 Å². The smallest absolute Gasteiger partial charge is 0.303 e. The Bertz CT molecular complexity index is 357. The zero-order chi connectivity index (χ0) is 11.4. The second-order valence-electron chi connectivity index (χ2n) is 3.10. The molecule has 0 saturated carbocycles. The Kier molecular flexibility index (Phi) is 4.20. The molecule has 0 amide bonds. The van der Waals surface area contributed by atoms with Crippen molar-refractivity contribution in [3.63, 3.8) is 0 Å². The molecule has 0 heterocycles. The summed E-state index contributed by atoms with van der Waals surface area (Å²) >= 11 is 2.96. The summed E-state index contributed by atoms with van der Waals surface area (Å²) in [5.74, 6) is -2.26. The minimum Gasteiger partial charge on any atom is -0.481 e. The van der Waals surface area contributed by atoms with E-state index in [2.05, 4.69) is 15.9 Å². The van der Waals surface area contributed by atoms with Crippen molar-refractivity contribution in [2.45, 2.75) is 19.3 Å². The summed E-state index contributed by atoms with van der Waals surface area (Å²) in [6, 6.07) is 2.33. The third-order valence-corrected chi connectivity index (χ3v) is 2.38. The fraction of sp³-hybridized carbons (Fsp3) is 0.300. The first-order valence-electron chi connectivity index (χ1n) is 4.36. The molecule has 0 bridgehead atoms. The molecule has 0 unspecified atom stereocenters. The predicted molar refractivity (Wildman–Crippen MR) is 54.6 cm³/mol. The van der Waals surface area contributed by atoms with E-state index in [4.69, 9.17) is 5.11 Å². The van der Waals surface area contributed by atoms with E-state index in [0.717, 1.165) is 0 Å². The minimum absolute atomic E-state index is 0.0561. The van der Waals surface area contributed by atoms with Crippen LogP contribution in [0.4, 0.5) is 8.78 Å². The van der Waals surface area contributed by atoms with Crippen LogP contribution in [0, 0.1) is 11.6 Å². The molecule has 1 aromatic rings. The molecule has 0 aliphatic heterocycles. The molecule has 0 fully saturated rings. The van der Waals surface area contributed by atoms with Crippen LogP contribution in [0.3, 0.4) is 0 Å². The van der Waals surface area contributed by atoms with Gasteiger partial charge in [0.05, 0.1) is 0 Å². The molecule has 1 N–H and O–H groups in total. The van der Waals surface area contributed by atoms with Gasteiger partial charge in [-0.25, -0.2) is 8.78 Å². The molecule has 15 heavy (non-hydrogen) atoms. The average Bonchev–Trinajstić information content (AvgIpc) is 2.08. The van der Waals surface area contributed by atoms with Crippen LogP contribution in [0.25, 0.3) is 0 Å². The lowest BCUT2D eigenvalue weighted by Gasteiger charge is -2.04. The topological polar surface area (TPSA) is 37.3 Å². The summed E-state index contributed by atoms with van der Waals surface area (Å²) in [6.45, 7) is 0. The number of halogens is 3. The number of rotatable bonds is 4. The second-order valence-corrected chi connectivity index (χ2v) is 4.01. The number of benzene rings is 1. The Balaban J connectivity index is 2.72. The fourth-order valence-corrected chi connectivity index (χ4v) is 1.63. The molecular weight excluding hydrogens is 270 g/mol. The van der Waals surface area contributed by atoms with Crippen LogP contribution < -0.4 is 0 Å². The number of carboxylic acid groups (broad SMARTS) is 1. The maximum absolute atomic E-state index is 13.2. The molecule has 82 valence electrons. The highest BCUT2D eigenvalue weighted by Crippen LogP contribution is 2.20. The van der Waals surface area contributed by atoms with Gasteiger partial charge in [0, 0.05) is 16.5 Å². The van der Waals surface area contributed by atoms with Crippen molar-refractivity contribution >= 4 is 21.9 Å². The molecule has 1 rings (SSSR count). The van der Waals surface area contributed by atoms with Crippen molar-refractivity contribution in [2.75, 3.05) is 0 Å². The van der Waals surface area contributed by atoms with Gasteiger partial charge < -0.3 is 5.11 Å². The van der Waals surface area contributed by atoms with Crippen molar-refractivity contribution in [3.05, 3.63) is 33.8 Å². The lowest BCUT2D eigenvalue weighted by molar-refractivity contribution is -0.137. The number of hydrogen-bond acceptors (Lipinski definition) is 1. The van der Waals surface area contributed by atoms with Crippen molar-refractivity contribution in [2.24, 2.45) is 0 Å². The molecule has 5 heteroatoms. The normalized spacial score (nSPS) is 10.3. The van der Waals surface area contributed by atoms with Gasteiger partial charge in [0.1, 0.15) is 11.6 Å². The maximum Gasteiger partial charge on any atom is 0.303 e. The van der Waals surface area contributed by atoms with E-state index in [0.29, 0.717) is 4.47 Å². The van der Waals surface area contributed by atoms with E-state index >= 15 is 0 Å². The van der Waals surface area contributed by atoms with Crippen LogP contribution in [0.2, 0.25) is 0 Å². The summed E-state index contributed by atoms with van der Waals surface area (Å²) in [5, 5.41) is 8.38. The van der Waals surface area contributed by atoms with Crippen molar-refractivity contribution in [3.8, 4) is 0 Å². The van der Waals surface area contributed by atoms with Crippen LogP contribution >= 0.6 is 15.9 Å². The average molecular weight is 279 g/mol. The summed E-state index contributed by atoms with van der Waals surface area (Å²) < 4.78 is 26.8. The largest absolute Gasteiger partial charge is 0.481 e. The van der Waals surface area contributed by atoms with Crippen LogP contribution in [0.15, 0.2) is 16.6 Å². The summed E-state index contributed by atoms with van der Waals surface area (Å²) in [6.07, 6.45) is 0.233. The number of carboxylic acids is 1. The van der Waals surface area contributed by atoms with E-state index < -0.39 is 17.6 Å². The highest BCUT2D eigenvalue weighted by molar-refractivity contribution is 9.10. The molecule has 0 aromatic heterocycles. The van der Waals surface area contributed by atoms with Gasteiger partial charge in [-0.1, -0.05) is 15.9 Å². The minimum atomic E-state index is -0.965. The summed E-state index contributed by atoms with van der Waals surface area (Å²) in [7, 11) is 0. The molecule has 0 aliphatic rings. The molecule has 0 radical (unpaired) electrons. The molecule has 1 aromatic carbocycles. The van der Waals surface area contributed by atoms with Crippen molar-refractivity contribution in [1.82, 2.24) is 0 Å². The Labute approximate surface area is 94.0 Å². The van der Waals surface area contributed by atoms with Gasteiger partial charge in [-0.3, -0.25) is 4.79 Å². The second kappa shape index (κ2) is 5.21. The predicted octanol–water partition coefficient (Wildman–Crippen LogP) is 3.13. The Morgan fingerprint density at radius 2 is 1.87 bits per heavy atom. The third kappa shape index (κ3) is 3.58. The quantitative estimate of drug-likeness (QED) is 0.919. The van der Waals surface area contributed by atoms with Gasteiger partial charge in [0.25, 0.3) is 0 Å². The van der Waals surface area contributed by atoms with Crippen molar-refractivity contribution < 1.29 is 18.7 Å². The van der Waals surface area contributed by atoms with Gasteiger partial charge in [-0.05, 0) is 25.0 Å². The van der Waals surface area contributed by atoms with Crippen LogP contribution in [0.1, 0.15) is 18.4 Å². The fourth-order valence-electron chi connectivity index (χ4n) is 1.23. The molecule has 0 aliphatic carbocycles. The molecular formula is C10H9BrF2O2. The lowest BCUT2D eigenvalue weighted by Crippen LogP contribution is -2.00. The van der Waals surface area contributed by atoms with E-state index in [1.807, 2.05) is 0 Å². The Hall–Kier alpha value is -0.970. The molecule has 0 spiro atoms. The van der Waals surface area contributed by atoms with Crippen LogP contribution in [-0.4, -0.2) is 11.1 Å². The van der Waals surface area contributed by atoms with Crippen LogP contribution in [0.5, 0.6) is 0 Å². The Morgan fingerprint density at radius 1 is 1.33 bits per heavy atom. The van der Waals surface area contributed by atoms with Crippen LogP contribution in [-0.2, 0) is 11.2 Å². The molecule has 2 nitrogen and oxygen atoms in total. The zero-order valence-corrected chi connectivity index (χ0v) is 9.35. The number of aliphatic carboxylic acids is 1. The zero-order valence-electron chi connectivity index (χ0n) is 7.77. The van der Waals surface area contributed by atoms with Gasteiger partial charge >= 0.3 is 5.97 Å². The highest BCUT2D eigenvalue weighted by atomic mass is 79.9. The van der Waals surface area contributed by atoms with E-state index in [-0.39, 0.29) is 24.8 Å². The first-order valence-corrected chi connectivity index (χ1v) is 5.15. The SMILES string of the molecule is O=C(O)CCCc1c(F)cc(Br)cc1F. The first kappa shape index (κ1) is 12.1. The van der Waals surface area contributed by atoms with Gasteiger partial charge in [-0.15, -0.1) is 0 Å². The molecule has 0 atom stereocenters. The standard InChI is InChI=1S/C10H9BrF2O2/c11-6-4-8(12)7(9(13)5-6)2-1-3-10(14)15/h4-5H,1-3H2,(H,14,15). The first-order chi connectivity index (χ1) is 7.00. The summed E-state index contributed by atoms with van der Waals surface area (Å²) in [4.78, 5) is 10.2. The van der Waals surface area contributed by atoms with Crippen molar-refractivity contribution in [1.29, 1.82) is 0 Å². The number of carbonyl (C=O) groups is 1. The number of hydrogen-bond donors (Lipinski definition) is 1. The summed E-state index contributed by atoms with van der Waals surface area (Å²) in [5.41, 5.74) is -0.0561. The maximum atomic E-state index is 13.2. The van der Waals surface area contributed by atoms with Gasteiger partial charge in [-0.2, -0.15) is 0 Å². The lowest BCUT2D eigenvalue weighted by atomic mass is 10.1. The molecule has 0 saturated heterocycles. The third-order valence-electron chi connectivity index (χ3n) is 1.92. The Morgan fingerprint density at radius 3 is 2.33 bits per heavy atom. The van der Waals surface area contributed by atoms with E-state index in [1.54, 1.807) is 0 Å².